The zero-order chi connectivity index (χ0) is 12.0. The van der Waals surface area contributed by atoms with Crippen molar-refractivity contribution in [3.05, 3.63) is 40.4 Å². The maximum absolute atomic E-state index is 5.72. The highest BCUT2D eigenvalue weighted by atomic mass is 79.9. The minimum atomic E-state index is 0.286. The second kappa shape index (κ2) is 6.71. The van der Waals surface area contributed by atoms with Crippen LogP contribution in [0.25, 0.3) is 0 Å². The van der Waals surface area contributed by atoms with E-state index in [1.807, 2.05) is 38.3 Å². The van der Waals surface area contributed by atoms with Gasteiger partial charge in [0.2, 0.25) is 0 Å². The van der Waals surface area contributed by atoms with Crippen molar-refractivity contribution < 1.29 is 4.74 Å². The van der Waals surface area contributed by atoms with E-state index in [1.165, 1.54) is 5.56 Å². The molecule has 0 heterocycles. The molecule has 1 N–H and O–H groups in total. The Kier molecular flexibility index (Phi) is 5.56. The van der Waals surface area contributed by atoms with Crippen molar-refractivity contribution in [2.24, 2.45) is 0 Å². The molecule has 0 aliphatic heterocycles. The fourth-order valence-electron chi connectivity index (χ4n) is 1.38. The van der Waals surface area contributed by atoms with Gasteiger partial charge in [-0.15, -0.1) is 0 Å². The first-order valence-electron chi connectivity index (χ1n) is 5.39. The molecule has 88 valence electrons. The Balaban J connectivity index is 2.89. The lowest BCUT2D eigenvalue weighted by Gasteiger charge is -2.16. The van der Waals surface area contributed by atoms with Crippen LogP contribution in [-0.2, 0) is 0 Å². The Labute approximate surface area is 106 Å². The number of allylic oxidation sites excluding steroid dienone is 1. The molecule has 2 nitrogen and oxygen atoms in total. The van der Waals surface area contributed by atoms with Crippen LogP contribution in [0.5, 0.6) is 5.75 Å². The Bertz CT molecular complexity index is 363. The molecule has 1 aromatic rings. The third-order valence-electron chi connectivity index (χ3n) is 2.45. The maximum Gasteiger partial charge on any atom is 0.125 e. The van der Waals surface area contributed by atoms with Gasteiger partial charge >= 0.3 is 0 Å². The number of halogens is 1. The molecule has 0 aliphatic rings. The number of hydrogen-bond acceptors (Lipinski definition) is 2. The zero-order valence-corrected chi connectivity index (χ0v) is 11.5. The number of nitrogens with one attached hydrogen (secondary N) is 1. The highest BCUT2D eigenvalue weighted by Crippen LogP contribution is 2.28. The summed E-state index contributed by atoms with van der Waals surface area (Å²) in [5.41, 5.74) is 1.18. The van der Waals surface area contributed by atoms with Gasteiger partial charge in [-0.3, -0.25) is 0 Å². The monoisotopic (exact) mass is 283 g/mol. The highest BCUT2D eigenvalue weighted by molar-refractivity contribution is 9.10. The van der Waals surface area contributed by atoms with Crippen LogP contribution in [0.1, 0.15) is 25.5 Å². The molecule has 0 fully saturated rings. The zero-order valence-electron chi connectivity index (χ0n) is 9.96. The van der Waals surface area contributed by atoms with E-state index in [0.717, 1.165) is 10.2 Å². The summed E-state index contributed by atoms with van der Waals surface area (Å²) in [5.74, 6) is 0.925. The lowest BCUT2D eigenvalue weighted by molar-refractivity contribution is 0.354. The third kappa shape index (κ3) is 3.65. The Morgan fingerprint density at radius 2 is 2.25 bits per heavy atom. The summed E-state index contributed by atoms with van der Waals surface area (Å²) in [6.07, 6.45) is 3.98. The van der Waals surface area contributed by atoms with Crippen molar-refractivity contribution in [1.82, 2.24) is 5.32 Å². The van der Waals surface area contributed by atoms with Crippen molar-refractivity contribution in [1.29, 1.82) is 0 Å². The van der Waals surface area contributed by atoms with Gasteiger partial charge in [-0.1, -0.05) is 34.1 Å². The highest BCUT2D eigenvalue weighted by Gasteiger charge is 2.09. The van der Waals surface area contributed by atoms with Gasteiger partial charge in [0.25, 0.3) is 0 Å². The fraction of sp³-hybridized carbons (Fsp3) is 0.385. The first-order valence-corrected chi connectivity index (χ1v) is 6.19. The number of benzene rings is 1. The molecular formula is C13H18BrNO. The first-order chi connectivity index (χ1) is 7.69. The molecule has 0 spiro atoms. The average molecular weight is 284 g/mol. The van der Waals surface area contributed by atoms with Crippen LogP contribution < -0.4 is 10.1 Å². The van der Waals surface area contributed by atoms with Crippen LogP contribution >= 0.6 is 15.9 Å². The largest absolute Gasteiger partial charge is 0.489 e. The molecule has 0 radical (unpaired) electrons. The van der Waals surface area contributed by atoms with Gasteiger partial charge in [0.1, 0.15) is 12.4 Å². The van der Waals surface area contributed by atoms with Crippen molar-refractivity contribution in [2.45, 2.75) is 19.9 Å². The van der Waals surface area contributed by atoms with Crippen LogP contribution in [0.3, 0.4) is 0 Å². The normalized spacial score (nSPS) is 13.0. The Morgan fingerprint density at radius 1 is 1.50 bits per heavy atom. The summed E-state index contributed by atoms with van der Waals surface area (Å²) < 4.78 is 6.76. The van der Waals surface area contributed by atoms with Crippen molar-refractivity contribution >= 4 is 15.9 Å². The van der Waals surface area contributed by atoms with E-state index in [1.54, 1.807) is 0 Å². The number of rotatable bonds is 5. The fourth-order valence-corrected chi connectivity index (χ4v) is 1.72. The van der Waals surface area contributed by atoms with E-state index >= 15 is 0 Å². The Hall–Kier alpha value is -0.800. The quantitative estimate of drug-likeness (QED) is 0.833. The van der Waals surface area contributed by atoms with Gasteiger partial charge in [0, 0.05) is 16.1 Å². The maximum atomic E-state index is 5.72. The van der Waals surface area contributed by atoms with Gasteiger partial charge in [-0.05, 0) is 33.0 Å². The van der Waals surface area contributed by atoms with E-state index < -0.39 is 0 Å². The van der Waals surface area contributed by atoms with E-state index in [0.29, 0.717) is 6.61 Å². The summed E-state index contributed by atoms with van der Waals surface area (Å²) in [4.78, 5) is 0. The van der Waals surface area contributed by atoms with Crippen LogP contribution in [0.2, 0.25) is 0 Å². The summed E-state index contributed by atoms with van der Waals surface area (Å²) >= 11 is 3.46. The van der Waals surface area contributed by atoms with Gasteiger partial charge in [-0.25, -0.2) is 0 Å². The molecule has 0 bridgehead atoms. The number of ether oxygens (including phenoxy) is 1. The predicted octanol–water partition coefficient (Wildman–Crippen LogP) is 3.68. The minimum absolute atomic E-state index is 0.286. The number of hydrogen-bond donors (Lipinski definition) is 1. The predicted molar refractivity (Wildman–Crippen MR) is 71.9 cm³/mol. The molecule has 0 aliphatic carbocycles. The van der Waals surface area contributed by atoms with Crippen LogP contribution in [0, 0.1) is 0 Å². The molecule has 0 amide bonds. The van der Waals surface area contributed by atoms with Gasteiger partial charge in [0.05, 0.1) is 0 Å². The lowest BCUT2D eigenvalue weighted by Crippen LogP contribution is -2.13. The SMILES string of the molecule is C/C=C/COc1cc(Br)ccc1C(C)NC. The van der Waals surface area contributed by atoms with Crippen LogP contribution in [0.15, 0.2) is 34.8 Å². The minimum Gasteiger partial charge on any atom is -0.489 e. The molecule has 1 unspecified atom stereocenters. The van der Waals surface area contributed by atoms with Gasteiger partial charge in [-0.2, -0.15) is 0 Å². The first kappa shape index (κ1) is 13.3. The van der Waals surface area contributed by atoms with Gasteiger partial charge < -0.3 is 10.1 Å². The standard InChI is InChI=1S/C13H18BrNO/c1-4-5-8-16-13-9-11(14)6-7-12(13)10(2)15-3/h4-7,9-10,15H,8H2,1-3H3/b5-4+. The lowest BCUT2D eigenvalue weighted by atomic mass is 10.1. The third-order valence-corrected chi connectivity index (χ3v) is 2.94. The van der Waals surface area contributed by atoms with Gasteiger partial charge in [0.15, 0.2) is 0 Å². The van der Waals surface area contributed by atoms with E-state index in [9.17, 15) is 0 Å². The summed E-state index contributed by atoms with van der Waals surface area (Å²) in [7, 11) is 1.95. The van der Waals surface area contributed by atoms with Crippen molar-refractivity contribution in [2.75, 3.05) is 13.7 Å². The second-order valence-electron chi connectivity index (χ2n) is 3.57. The summed E-state index contributed by atoms with van der Waals surface area (Å²) in [5, 5.41) is 3.22. The van der Waals surface area contributed by atoms with E-state index in [2.05, 4.69) is 34.2 Å². The molecule has 1 atom stereocenters. The molecule has 0 saturated carbocycles. The van der Waals surface area contributed by atoms with Crippen LogP contribution in [0.4, 0.5) is 0 Å². The summed E-state index contributed by atoms with van der Waals surface area (Å²) in [6, 6.07) is 6.41. The summed E-state index contributed by atoms with van der Waals surface area (Å²) in [6.45, 7) is 4.71. The smallest absolute Gasteiger partial charge is 0.125 e. The molecule has 3 heteroatoms. The van der Waals surface area contributed by atoms with E-state index in [-0.39, 0.29) is 6.04 Å². The molecule has 1 aromatic carbocycles. The van der Waals surface area contributed by atoms with Crippen molar-refractivity contribution in [3.8, 4) is 5.75 Å². The second-order valence-corrected chi connectivity index (χ2v) is 4.49. The molecule has 0 aromatic heterocycles. The van der Waals surface area contributed by atoms with E-state index in [4.69, 9.17) is 4.74 Å². The molecule has 1 rings (SSSR count). The van der Waals surface area contributed by atoms with Crippen molar-refractivity contribution in [3.63, 3.8) is 0 Å². The van der Waals surface area contributed by atoms with Crippen LogP contribution in [-0.4, -0.2) is 13.7 Å². The molecule has 0 saturated heterocycles. The average Bonchev–Trinajstić information content (AvgIpc) is 2.29. The topological polar surface area (TPSA) is 21.3 Å². The molecular weight excluding hydrogens is 266 g/mol. The Morgan fingerprint density at radius 3 is 2.88 bits per heavy atom. The molecule has 16 heavy (non-hydrogen) atoms.